The standard InChI is InChI=1S/C16H13F4N3O2S/c17-13-8(2-1-3-9(13)16(18,19)20)6-10-14(24)23-11(15(25)22-10)7-12-21-4-5-26-12/h1-5,10-11H,6-7H2,(H,22,25)(H,23,24). The maximum absolute atomic E-state index is 14.1. The molecule has 10 heteroatoms. The van der Waals surface area contributed by atoms with Gasteiger partial charge in [-0.25, -0.2) is 9.37 Å². The van der Waals surface area contributed by atoms with Crippen molar-refractivity contribution in [2.45, 2.75) is 31.1 Å². The third-order valence-electron chi connectivity index (χ3n) is 3.94. The fourth-order valence-corrected chi connectivity index (χ4v) is 3.33. The van der Waals surface area contributed by atoms with Crippen molar-refractivity contribution in [1.82, 2.24) is 15.6 Å². The zero-order valence-corrected chi connectivity index (χ0v) is 14.0. The van der Waals surface area contributed by atoms with Gasteiger partial charge in [0.1, 0.15) is 17.9 Å². The zero-order chi connectivity index (χ0) is 18.9. The van der Waals surface area contributed by atoms with Crippen LogP contribution in [-0.2, 0) is 28.6 Å². The number of thiazole rings is 1. The number of hydrogen-bond donors (Lipinski definition) is 2. The lowest BCUT2D eigenvalue weighted by atomic mass is 9.99. The summed E-state index contributed by atoms with van der Waals surface area (Å²) in [5.74, 6) is -2.51. The van der Waals surface area contributed by atoms with Crippen LogP contribution in [0.4, 0.5) is 17.6 Å². The second kappa shape index (κ2) is 7.02. The zero-order valence-electron chi connectivity index (χ0n) is 13.1. The molecular formula is C16H13F4N3O2S. The van der Waals surface area contributed by atoms with Crippen LogP contribution in [0.1, 0.15) is 16.1 Å². The molecule has 1 aromatic carbocycles. The average molecular weight is 387 g/mol. The van der Waals surface area contributed by atoms with Gasteiger partial charge in [0, 0.05) is 24.4 Å². The highest BCUT2D eigenvalue weighted by Gasteiger charge is 2.37. The molecule has 1 aromatic heterocycles. The van der Waals surface area contributed by atoms with E-state index in [9.17, 15) is 27.2 Å². The van der Waals surface area contributed by atoms with Gasteiger partial charge < -0.3 is 10.6 Å². The molecule has 1 aliphatic heterocycles. The molecule has 2 N–H and O–H groups in total. The summed E-state index contributed by atoms with van der Waals surface area (Å²) < 4.78 is 52.5. The number of halogens is 4. The molecule has 2 unspecified atom stereocenters. The average Bonchev–Trinajstić information content (AvgIpc) is 3.06. The topological polar surface area (TPSA) is 71.1 Å². The lowest BCUT2D eigenvalue weighted by Gasteiger charge is -2.29. The van der Waals surface area contributed by atoms with Crippen LogP contribution in [0, 0.1) is 5.82 Å². The SMILES string of the molecule is O=C1NC(Cc2cccc(C(F)(F)F)c2F)C(=O)NC1Cc1nccs1. The summed E-state index contributed by atoms with van der Waals surface area (Å²) in [6.07, 6.45) is -3.43. The number of amides is 2. The molecule has 2 aromatic rings. The number of aromatic nitrogens is 1. The summed E-state index contributed by atoms with van der Waals surface area (Å²) in [6, 6.07) is 0.882. The normalized spacial score (nSPS) is 20.6. The summed E-state index contributed by atoms with van der Waals surface area (Å²) in [6.45, 7) is 0. The Balaban J connectivity index is 1.72. The largest absolute Gasteiger partial charge is 0.419 e. The van der Waals surface area contributed by atoms with Crippen LogP contribution in [-0.4, -0.2) is 28.9 Å². The quantitative estimate of drug-likeness (QED) is 0.789. The molecule has 26 heavy (non-hydrogen) atoms. The molecule has 0 aliphatic carbocycles. The number of rotatable bonds is 4. The van der Waals surface area contributed by atoms with E-state index < -0.39 is 41.5 Å². The molecular weight excluding hydrogens is 374 g/mol. The first-order valence-corrected chi connectivity index (χ1v) is 8.47. The fourth-order valence-electron chi connectivity index (χ4n) is 2.67. The maximum atomic E-state index is 14.1. The Morgan fingerprint density at radius 2 is 1.73 bits per heavy atom. The fraction of sp³-hybridized carbons (Fsp3) is 0.312. The Kier molecular flexibility index (Phi) is 4.94. The first-order valence-electron chi connectivity index (χ1n) is 7.59. The van der Waals surface area contributed by atoms with Crippen LogP contribution in [0.5, 0.6) is 0 Å². The van der Waals surface area contributed by atoms with E-state index in [1.165, 1.54) is 11.3 Å². The van der Waals surface area contributed by atoms with E-state index in [2.05, 4.69) is 15.6 Å². The molecule has 0 radical (unpaired) electrons. The van der Waals surface area contributed by atoms with Gasteiger partial charge >= 0.3 is 6.18 Å². The lowest BCUT2D eigenvalue weighted by molar-refractivity contribution is -0.140. The highest BCUT2D eigenvalue weighted by molar-refractivity contribution is 7.09. The molecule has 2 amide bonds. The Morgan fingerprint density at radius 3 is 2.31 bits per heavy atom. The Morgan fingerprint density at radius 1 is 1.08 bits per heavy atom. The van der Waals surface area contributed by atoms with Crippen LogP contribution in [0.25, 0.3) is 0 Å². The predicted octanol–water partition coefficient (Wildman–Crippen LogP) is 2.07. The van der Waals surface area contributed by atoms with Crippen LogP contribution in [0.3, 0.4) is 0 Å². The van der Waals surface area contributed by atoms with Crippen molar-refractivity contribution < 1.29 is 27.2 Å². The number of nitrogens with zero attached hydrogens (tertiary/aromatic N) is 1. The lowest BCUT2D eigenvalue weighted by Crippen LogP contribution is -2.62. The highest BCUT2D eigenvalue weighted by Crippen LogP contribution is 2.32. The molecule has 5 nitrogen and oxygen atoms in total. The second-order valence-electron chi connectivity index (χ2n) is 5.73. The molecule has 0 saturated carbocycles. The van der Waals surface area contributed by atoms with Crippen molar-refractivity contribution in [3.8, 4) is 0 Å². The molecule has 2 atom stereocenters. The maximum Gasteiger partial charge on any atom is 0.419 e. The van der Waals surface area contributed by atoms with E-state index in [0.29, 0.717) is 11.1 Å². The molecule has 0 spiro atoms. The number of alkyl halides is 3. The van der Waals surface area contributed by atoms with E-state index in [4.69, 9.17) is 0 Å². The van der Waals surface area contributed by atoms with Crippen molar-refractivity contribution in [2.75, 3.05) is 0 Å². The number of piperazine rings is 1. The molecule has 1 fully saturated rings. The van der Waals surface area contributed by atoms with E-state index in [-0.39, 0.29) is 18.4 Å². The van der Waals surface area contributed by atoms with E-state index in [1.54, 1.807) is 11.6 Å². The van der Waals surface area contributed by atoms with Gasteiger partial charge in [-0.05, 0) is 11.6 Å². The minimum atomic E-state index is -4.84. The van der Waals surface area contributed by atoms with E-state index >= 15 is 0 Å². The van der Waals surface area contributed by atoms with Crippen molar-refractivity contribution in [3.05, 3.63) is 51.7 Å². The van der Waals surface area contributed by atoms with Crippen LogP contribution in [0.2, 0.25) is 0 Å². The van der Waals surface area contributed by atoms with Crippen molar-refractivity contribution >= 4 is 23.2 Å². The summed E-state index contributed by atoms with van der Waals surface area (Å²) >= 11 is 1.33. The number of carbonyl (C=O) groups excluding carboxylic acids is 2. The molecule has 2 heterocycles. The molecule has 0 bridgehead atoms. The third-order valence-corrected chi connectivity index (χ3v) is 4.74. The van der Waals surface area contributed by atoms with Crippen molar-refractivity contribution in [2.24, 2.45) is 0 Å². The number of carbonyl (C=O) groups is 2. The number of benzene rings is 1. The van der Waals surface area contributed by atoms with Gasteiger partial charge in [0.2, 0.25) is 11.8 Å². The van der Waals surface area contributed by atoms with Gasteiger partial charge in [0.15, 0.2) is 0 Å². The molecule has 1 saturated heterocycles. The molecule has 3 rings (SSSR count). The molecule has 1 aliphatic rings. The Hall–Kier alpha value is -2.49. The van der Waals surface area contributed by atoms with Crippen LogP contribution >= 0.6 is 11.3 Å². The van der Waals surface area contributed by atoms with Gasteiger partial charge in [-0.1, -0.05) is 12.1 Å². The second-order valence-corrected chi connectivity index (χ2v) is 6.71. The monoisotopic (exact) mass is 387 g/mol. The van der Waals surface area contributed by atoms with E-state index in [0.717, 1.165) is 12.1 Å². The predicted molar refractivity (Wildman–Crippen MR) is 84.8 cm³/mol. The number of nitrogens with one attached hydrogen (secondary N) is 2. The van der Waals surface area contributed by atoms with E-state index in [1.807, 2.05) is 0 Å². The number of hydrogen-bond acceptors (Lipinski definition) is 4. The first-order chi connectivity index (χ1) is 12.3. The third kappa shape index (κ3) is 3.85. The van der Waals surface area contributed by atoms with Gasteiger partial charge in [-0.3, -0.25) is 9.59 Å². The summed E-state index contributed by atoms with van der Waals surface area (Å²) in [5.41, 5.74) is -1.70. The minimum absolute atomic E-state index is 0.208. The van der Waals surface area contributed by atoms with Gasteiger partial charge in [0.05, 0.1) is 10.6 Å². The smallest absolute Gasteiger partial charge is 0.342 e. The Bertz CT molecular complexity index is 823. The molecule has 138 valence electrons. The Labute approximate surface area is 149 Å². The highest BCUT2D eigenvalue weighted by atomic mass is 32.1. The first kappa shape index (κ1) is 18.3. The van der Waals surface area contributed by atoms with Crippen LogP contribution in [0.15, 0.2) is 29.8 Å². The van der Waals surface area contributed by atoms with Gasteiger partial charge in [0.25, 0.3) is 0 Å². The van der Waals surface area contributed by atoms with Gasteiger partial charge in [-0.15, -0.1) is 11.3 Å². The van der Waals surface area contributed by atoms with Crippen LogP contribution < -0.4 is 10.6 Å². The summed E-state index contributed by atoms with van der Waals surface area (Å²) in [4.78, 5) is 28.4. The summed E-state index contributed by atoms with van der Waals surface area (Å²) in [7, 11) is 0. The summed E-state index contributed by atoms with van der Waals surface area (Å²) in [5, 5.41) is 7.34. The minimum Gasteiger partial charge on any atom is -0.342 e. The van der Waals surface area contributed by atoms with Gasteiger partial charge in [-0.2, -0.15) is 13.2 Å². The van der Waals surface area contributed by atoms with Crippen molar-refractivity contribution in [3.63, 3.8) is 0 Å². The van der Waals surface area contributed by atoms with Crippen molar-refractivity contribution in [1.29, 1.82) is 0 Å².